The number of likely N-dealkylation sites (N-methyl/N-ethyl adjacent to an activating group) is 1. The van der Waals surface area contributed by atoms with Gasteiger partial charge in [0, 0.05) is 24.9 Å². The van der Waals surface area contributed by atoms with Crippen LogP contribution in [0.5, 0.6) is 5.88 Å². The first kappa shape index (κ1) is 25.2. The Morgan fingerprint density at radius 3 is 2.14 bits per heavy atom. The lowest BCUT2D eigenvalue weighted by Gasteiger charge is -2.26. The Morgan fingerprint density at radius 2 is 1.66 bits per heavy atom. The number of carboxylic acid groups (broad SMARTS) is 1. The van der Waals surface area contributed by atoms with Crippen LogP contribution in [-0.4, -0.2) is 53.2 Å². The van der Waals surface area contributed by atoms with E-state index in [2.05, 4.69) is 9.98 Å². The average molecular weight is 486 g/mol. The van der Waals surface area contributed by atoms with Crippen molar-refractivity contribution in [3.05, 3.63) is 84.1 Å². The molecule has 0 radical (unpaired) electrons. The summed E-state index contributed by atoms with van der Waals surface area (Å²) in [5.74, 6) is -2.19. The van der Waals surface area contributed by atoms with Gasteiger partial charge < -0.3 is 15.6 Å². The summed E-state index contributed by atoms with van der Waals surface area (Å²) < 4.78 is 36.9. The van der Waals surface area contributed by atoms with Gasteiger partial charge in [0.15, 0.2) is 11.5 Å². The number of carbonyl (C=O) groups is 2. The third-order valence-corrected chi connectivity index (χ3v) is 5.23. The summed E-state index contributed by atoms with van der Waals surface area (Å²) in [6, 6.07) is 21.0. The van der Waals surface area contributed by atoms with Crippen LogP contribution in [0.15, 0.2) is 77.9 Å². The van der Waals surface area contributed by atoms with Crippen molar-refractivity contribution in [1.82, 2.24) is 9.88 Å². The molecule has 1 atom stereocenters. The number of aromatic nitrogens is 1. The highest BCUT2D eigenvalue weighted by Gasteiger charge is 2.49. The minimum absolute atomic E-state index is 0.179. The van der Waals surface area contributed by atoms with E-state index in [4.69, 9.17) is 20.4 Å². The van der Waals surface area contributed by atoms with Crippen LogP contribution >= 0.6 is 0 Å². The smallest absolute Gasteiger partial charge is 0.481 e. The minimum Gasteiger partial charge on any atom is -0.481 e. The first-order chi connectivity index (χ1) is 16.5. The minimum atomic E-state index is -5.08. The number of carboxylic acids is 1. The van der Waals surface area contributed by atoms with Crippen LogP contribution < -0.4 is 10.5 Å². The van der Waals surface area contributed by atoms with Gasteiger partial charge in [-0.3, -0.25) is 9.69 Å². The van der Waals surface area contributed by atoms with Crippen molar-refractivity contribution in [3.63, 3.8) is 0 Å². The molecule has 0 fully saturated rings. The molecule has 0 spiro atoms. The first-order valence-corrected chi connectivity index (χ1v) is 10.1. The fourth-order valence-electron chi connectivity index (χ4n) is 3.46. The lowest BCUT2D eigenvalue weighted by Crippen LogP contribution is -2.41. The van der Waals surface area contributed by atoms with Crippen LogP contribution in [0, 0.1) is 0 Å². The molecule has 11 heteroatoms. The number of nitrogens with two attached hydrogens (primary N) is 1. The van der Waals surface area contributed by atoms with Gasteiger partial charge in [-0.1, -0.05) is 48.5 Å². The molecule has 35 heavy (non-hydrogen) atoms. The molecule has 3 aromatic rings. The summed E-state index contributed by atoms with van der Waals surface area (Å²) in [6.07, 6.45) is -3.34. The largest absolute Gasteiger partial charge is 0.490 e. The number of guanidine groups is 1. The van der Waals surface area contributed by atoms with Crippen molar-refractivity contribution in [2.75, 3.05) is 14.2 Å². The van der Waals surface area contributed by atoms with Crippen LogP contribution in [0.3, 0.4) is 0 Å². The van der Waals surface area contributed by atoms with Crippen molar-refractivity contribution in [3.8, 4) is 17.0 Å². The zero-order valence-electron chi connectivity index (χ0n) is 18.7. The number of pyridine rings is 1. The number of rotatable bonds is 4. The number of alkyl halides is 3. The third kappa shape index (κ3) is 5.08. The van der Waals surface area contributed by atoms with Crippen molar-refractivity contribution < 1.29 is 32.6 Å². The van der Waals surface area contributed by atoms with Gasteiger partial charge in [-0.25, -0.2) is 14.8 Å². The van der Waals surface area contributed by atoms with Gasteiger partial charge in [0.2, 0.25) is 5.88 Å². The lowest BCUT2D eigenvalue weighted by molar-refractivity contribution is -0.192. The van der Waals surface area contributed by atoms with Crippen LogP contribution in [-0.2, 0) is 15.1 Å². The van der Waals surface area contributed by atoms with E-state index < -0.39 is 17.7 Å². The quantitative estimate of drug-likeness (QED) is 0.584. The van der Waals surface area contributed by atoms with E-state index in [9.17, 15) is 18.0 Å². The fraction of sp³-hybridized carbons (Fsp3) is 0.167. The molecule has 0 bridgehead atoms. The summed E-state index contributed by atoms with van der Waals surface area (Å²) >= 11 is 0. The van der Waals surface area contributed by atoms with E-state index in [-0.39, 0.29) is 11.9 Å². The molecule has 1 amide bonds. The SMILES string of the molecule is COc1ccc(-c2cccc(C3(c4ccccc4)N=C(N)N(C)C3=O)c2)cn1.O=C(O)C(F)(F)F. The Kier molecular flexibility index (Phi) is 7.09. The van der Waals surface area contributed by atoms with Crippen LogP contribution in [0.25, 0.3) is 11.1 Å². The molecule has 1 aliphatic heterocycles. The number of hydrogen-bond donors (Lipinski definition) is 2. The molecule has 1 unspecified atom stereocenters. The molecule has 1 aromatic heterocycles. The third-order valence-electron chi connectivity index (χ3n) is 5.23. The van der Waals surface area contributed by atoms with E-state index in [0.717, 1.165) is 22.3 Å². The number of amides is 1. The van der Waals surface area contributed by atoms with Crippen molar-refractivity contribution in [1.29, 1.82) is 0 Å². The average Bonchev–Trinajstić information content (AvgIpc) is 3.09. The Bertz CT molecular complexity index is 1250. The highest BCUT2D eigenvalue weighted by molar-refractivity contribution is 6.09. The predicted molar refractivity (Wildman–Crippen MR) is 122 cm³/mol. The highest BCUT2D eigenvalue weighted by Crippen LogP contribution is 2.40. The Hall–Kier alpha value is -4.41. The molecular formula is C24H21F3N4O4. The normalized spacial score (nSPS) is 17.3. The summed E-state index contributed by atoms with van der Waals surface area (Å²) in [5, 5.41) is 7.12. The maximum Gasteiger partial charge on any atom is 0.490 e. The van der Waals surface area contributed by atoms with Crippen molar-refractivity contribution in [2.45, 2.75) is 11.7 Å². The highest BCUT2D eigenvalue weighted by atomic mass is 19.4. The molecule has 8 nitrogen and oxygen atoms in total. The van der Waals surface area contributed by atoms with Crippen molar-refractivity contribution >= 4 is 17.8 Å². The topological polar surface area (TPSA) is 118 Å². The van der Waals surface area contributed by atoms with Gasteiger partial charge in [-0.15, -0.1) is 0 Å². The van der Waals surface area contributed by atoms with Gasteiger partial charge >= 0.3 is 12.1 Å². The molecular weight excluding hydrogens is 465 g/mol. The number of ether oxygens (including phenoxy) is 1. The van der Waals surface area contributed by atoms with Gasteiger partial charge in [0.1, 0.15) is 0 Å². The zero-order valence-corrected chi connectivity index (χ0v) is 18.7. The number of halogens is 3. The maximum atomic E-state index is 13.3. The second-order valence-corrected chi connectivity index (χ2v) is 7.38. The van der Waals surface area contributed by atoms with Gasteiger partial charge in [0.25, 0.3) is 5.91 Å². The Balaban J connectivity index is 0.000000429. The Labute approximate surface area is 198 Å². The summed E-state index contributed by atoms with van der Waals surface area (Å²) in [7, 11) is 3.22. The number of hydrogen-bond acceptors (Lipinski definition) is 6. The monoisotopic (exact) mass is 486 g/mol. The number of carbonyl (C=O) groups excluding carboxylic acids is 1. The lowest BCUT2D eigenvalue weighted by atomic mass is 9.82. The number of aliphatic imine (C=N–C) groups is 1. The number of benzene rings is 2. The number of nitrogens with zero attached hydrogens (tertiary/aromatic N) is 3. The van der Waals surface area contributed by atoms with Crippen LogP contribution in [0.2, 0.25) is 0 Å². The van der Waals surface area contributed by atoms with E-state index in [1.165, 1.54) is 4.90 Å². The second kappa shape index (κ2) is 9.84. The predicted octanol–water partition coefficient (Wildman–Crippen LogP) is 3.42. The molecule has 0 saturated heterocycles. The molecule has 0 saturated carbocycles. The van der Waals surface area contributed by atoms with Gasteiger partial charge in [-0.05, 0) is 28.8 Å². The molecule has 2 aromatic carbocycles. The number of aliphatic carboxylic acids is 1. The van der Waals surface area contributed by atoms with E-state index >= 15 is 0 Å². The standard InChI is InChI=1S/C22H20N4O2.C2HF3O2/c1-26-20(27)22(25-21(26)23,17-8-4-3-5-9-17)18-10-6-7-15(13-18)16-11-12-19(28-2)24-14-16;3-2(4,5)1(6)7/h3-14H,1-2H3,(H2,23,25);(H,6,7). The maximum absolute atomic E-state index is 13.3. The van der Waals surface area contributed by atoms with Crippen LogP contribution in [0.4, 0.5) is 13.2 Å². The number of methoxy groups -OCH3 is 1. The fourth-order valence-corrected chi connectivity index (χ4v) is 3.46. The second-order valence-electron chi connectivity index (χ2n) is 7.38. The van der Waals surface area contributed by atoms with Gasteiger partial charge in [-0.2, -0.15) is 13.2 Å². The van der Waals surface area contributed by atoms with E-state index in [0.29, 0.717) is 5.88 Å². The van der Waals surface area contributed by atoms with E-state index in [1.807, 2.05) is 60.7 Å². The van der Waals surface area contributed by atoms with E-state index in [1.54, 1.807) is 26.4 Å². The van der Waals surface area contributed by atoms with Crippen molar-refractivity contribution in [2.24, 2.45) is 10.7 Å². The first-order valence-electron chi connectivity index (χ1n) is 10.1. The molecule has 2 heterocycles. The summed E-state index contributed by atoms with van der Waals surface area (Å²) in [6.45, 7) is 0. The Morgan fingerprint density at radius 1 is 1.03 bits per heavy atom. The van der Waals surface area contributed by atoms with Gasteiger partial charge in [0.05, 0.1) is 7.11 Å². The molecule has 182 valence electrons. The van der Waals surface area contributed by atoms with Crippen LogP contribution in [0.1, 0.15) is 11.1 Å². The molecule has 1 aliphatic rings. The summed E-state index contributed by atoms with van der Waals surface area (Å²) in [5.41, 5.74) is 8.21. The summed E-state index contributed by atoms with van der Waals surface area (Å²) in [4.78, 5) is 32.5. The zero-order chi connectivity index (χ0) is 25.8. The molecule has 0 aliphatic carbocycles. The molecule has 4 rings (SSSR count). The molecule has 3 N–H and O–H groups in total.